The number of nitrogens with zero attached hydrogens (tertiary/aromatic N) is 1. The molecule has 2 aromatic carbocycles. The van der Waals surface area contributed by atoms with E-state index in [9.17, 15) is 14.7 Å². The first-order chi connectivity index (χ1) is 15.9. The van der Waals surface area contributed by atoms with E-state index in [0.29, 0.717) is 41.1 Å². The van der Waals surface area contributed by atoms with Gasteiger partial charge in [-0.3, -0.25) is 9.59 Å². The lowest BCUT2D eigenvalue weighted by Crippen LogP contribution is -2.29. The van der Waals surface area contributed by atoms with Crippen LogP contribution in [0, 0.1) is 0 Å². The van der Waals surface area contributed by atoms with Crippen LogP contribution in [-0.4, -0.2) is 15.6 Å². The number of hydrogen-bond donors (Lipinski definition) is 2. The number of aliphatic hydroxyl groups excluding tert-OH is 1. The molecule has 0 aliphatic carbocycles. The molecule has 0 unspecified atom stereocenters. The summed E-state index contributed by atoms with van der Waals surface area (Å²) >= 11 is 5.89. The number of fused-ring (bicyclic) bond motifs is 1. The summed E-state index contributed by atoms with van der Waals surface area (Å²) in [6.45, 7) is 0.289. The number of nitrogens with one attached hydrogen (secondary N) is 1. The number of aliphatic hydroxyl groups is 1. The van der Waals surface area contributed by atoms with Gasteiger partial charge < -0.3 is 19.4 Å². The summed E-state index contributed by atoms with van der Waals surface area (Å²) in [6.07, 6.45) is 2.81. The van der Waals surface area contributed by atoms with E-state index in [-0.39, 0.29) is 17.5 Å². The Morgan fingerprint density at radius 2 is 1.88 bits per heavy atom. The minimum Gasteiger partial charge on any atom is -0.444 e. The van der Waals surface area contributed by atoms with E-state index in [1.807, 2.05) is 42.5 Å². The van der Waals surface area contributed by atoms with Crippen LogP contribution in [0.25, 0.3) is 11.1 Å². The van der Waals surface area contributed by atoms with Crippen molar-refractivity contribution >= 4 is 28.6 Å². The third kappa shape index (κ3) is 5.35. The molecule has 2 heterocycles. The Bertz CT molecular complexity index is 1310. The van der Waals surface area contributed by atoms with Crippen LogP contribution in [-0.2, 0) is 20.0 Å². The van der Waals surface area contributed by atoms with Gasteiger partial charge in [-0.1, -0.05) is 54.1 Å². The Morgan fingerprint density at radius 3 is 2.61 bits per heavy atom. The molecular weight excluding hydrogens is 440 g/mol. The molecule has 0 bridgehead atoms. The zero-order chi connectivity index (χ0) is 23.4. The zero-order valence-corrected chi connectivity index (χ0v) is 19.0. The van der Waals surface area contributed by atoms with E-state index in [4.69, 9.17) is 16.0 Å². The highest BCUT2D eigenvalue weighted by molar-refractivity contribution is 6.30. The number of carbonyl (C=O) groups excluding carboxylic acids is 1. The fraction of sp³-hybridized carbons (Fsp3) is 0.231. The lowest BCUT2D eigenvalue weighted by molar-refractivity contribution is 0.0949. The normalized spacial score (nSPS) is 12.1. The standard InChI is InChI=1S/C26H25ClN2O4/c1-29-16-22(25(32)28-15-17-10-12-19(27)13-11-17)24(31)21-14-20(33-26(21)29)8-5-9-23(30)18-6-3-2-4-7-18/h2-4,6-7,10-14,16,23,30H,5,8-9,15H2,1H3,(H,28,32)/t23-/m0/s1. The molecule has 0 radical (unpaired) electrons. The number of furan rings is 1. The second-order valence-electron chi connectivity index (χ2n) is 8.04. The van der Waals surface area contributed by atoms with Crippen LogP contribution in [0.4, 0.5) is 0 Å². The number of halogens is 1. The van der Waals surface area contributed by atoms with Gasteiger partial charge in [-0.2, -0.15) is 0 Å². The Hall–Kier alpha value is -3.35. The Kier molecular flexibility index (Phi) is 6.96. The number of benzene rings is 2. The number of aromatic nitrogens is 1. The van der Waals surface area contributed by atoms with Gasteiger partial charge in [0.05, 0.1) is 11.5 Å². The molecule has 1 amide bonds. The molecule has 0 aliphatic rings. The summed E-state index contributed by atoms with van der Waals surface area (Å²) < 4.78 is 7.53. The smallest absolute Gasteiger partial charge is 0.257 e. The zero-order valence-electron chi connectivity index (χ0n) is 18.3. The van der Waals surface area contributed by atoms with Gasteiger partial charge in [-0.25, -0.2) is 0 Å². The van der Waals surface area contributed by atoms with E-state index in [2.05, 4.69) is 5.32 Å². The van der Waals surface area contributed by atoms with Crippen molar-refractivity contribution in [1.29, 1.82) is 0 Å². The van der Waals surface area contributed by atoms with Gasteiger partial charge in [-0.05, 0) is 42.2 Å². The number of aryl methyl sites for hydroxylation is 2. The van der Waals surface area contributed by atoms with Crippen molar-refractivity contribution in [2.45, 2.75) is 31.9 Å². The van der Waals surface area contributed by atoms with Gasteiger partial charge in [-0.15, -0.1) is 0 Å². The molecule has 7 heteroatoms. The highest BCUT2D eigenvalue weighted by Crippen LogP contribution is 2.22. The molecular formula is C26H25ClN2O4. The minimum absolute atomic E-state index is 0.0609. The van der Waals surface area contributed by atoms with Gasteiger partial charge in [0.15, 0.2) is 0 Å². The van der Waals surface area contributed by atoms with E-state index in [1.165, 1.54) is 6.20 Å². The topological polar surface area (TPSA) is 84.5 Å². The van der Waals surface area contributed by atoms with E-state index in [1.54, 1.807) is 29.8 Å². The SMILES string of the molecule is Cn1cc(C(=O)NCc2ccc(Cl)cc2)c(=O)c2cc(CCC[C@H](O)c3ccccc3)oc21. The van der Waals surface area contributed by atoms with E-state index in [0.717, 1.165) is 11.1 Å². The molecule has 1 atom stereocenters. The summed E-state index contributed by atoms with van der Waals surface area (Å²) in [6, 6.07) is 18.3. The second-order valence-corrected chi connectivity index (χ2v) is 8.48. The van der Waals surface area contributed by atoms with Crippen molar-refractivity contribution in [3.05, 3.63) is 105 Å². The maximum atomic E-state index is 13.0. The monoisotopic (exact) mass is 464 g/mol. The van der Waals surface area contributed by atoms with Crippen molar-refractivity contribution < 1.29 is 14.3 Å². The van der Waals surface area contributed by atoms with Gasteiger partial charge in [0.25, 0.3) is 5.91 Å². The van der Waals surface area contributed by atoms with Crippen LogP contribution >= 0.6 is 11.6 Å². The predicted molar refractivity (Wildman–Crippen MR) is 128 cm³/mol. The van der Waals surface area contributed by atoms with Crippen LogP contribution in [0.1, 0.15) is 46.2 Å². The first kappa shape index (κ1) is 22.8. The van der Waals surface area contributed by atoms with E-state index >= 15 is 0 Å². The molecule has 0 saturated heterocycles. The molecule has 0 fully saturated rings. The van der Waals surface area contributed by atoms with Gasteiger partial charge >= 0.3 is 0 Å². The van der Waals surface area contributed by atoms with Gasteiger partial charge in [0.2, 0.25) is 11.1 Å². The molecule has 0 spiro atoms. The van der Waals surface area contributed by atoms with Crippen molar-refractivity contribution in [2.24, 2.45) is 7.05 Å². The van der Waals surface area contributed by atoms with Crippen LogP contribution < -0.4 is 10.7 Å². The molecule has 2 aromatic heterocycles. The van der Waals surface area contributed by atoms with Crippen LogP contribution in [0.15, 0.2) is 76.1 Å². The fourth-order valence-corrected chi connectivity index (χ4v) is 3.91. The highest BCUT2D eigenvalue weighted by Gasteiger charge is 2.18. The van der Waals surface area contributed by atoms with Gasteiger partial charge in [0, 0.05) is 31.2 Å². The van der Waals surface area contributed by atoms with Gasteiger partial charge in [0.1, 0.15) is 11.3 Å². The summed E-state index contributed by atoms with van der Waals surface area (Å²) in [5, 5.41) is 14.1. The largest absolute Gasteiger partial charge is 0.444 e. The number of hydrogen-bond acceptors (Lipinski definition) is 4. The molecule has 2 N–H and O–H groups in total. The number of amides is 1. The van der Waals surface area contributed by atoms with E-state index < -0.39 is 12.0 Å². The molecule has 170 valence electrons. The van der Waals surface area contributed by atoms with Crippen molar-refractivity contribution in [1.82, 2.24) is 9.88 Å². The summed E-state index contributed by atoms with van der Waals surface area (Å²) in [5.41, 5.74) is 1.88. The predicted octanol–water partition coefficient (Wildman–Crippen LogP) is 4.77. The Balaban J connectivity index is 1.44. The lowest BCUT2D eigenvalue weighted by atomic mass is 10.0. The second kappa shape index (κ2) is 10.1. The molecule has 4 rings (SSSR count). The summed E-state index contributed by atoms with van der Waals surface area (Å²) in [7, 11) is 1.74. The average Bonchev–Trinajstić information content (AvgIpc) is 3.26. The Morgan fingerprint density at radius 1 is 1.15 bits per heavy atom. The first-order valence-corrected chi connectivity index (χ1v) is 11.2. The number of pyridine rings is 1. The Labute approximate surface area is 196 Å². The summed E-state index contributed by atoms with van der Waals surface area (Å²) in [5.74, 6) is 0.206. The van der Waals surface area contributed by atoms with Crippen LogP contribution in [0.3, 0.4) is 0 Å². The first-order valence-electron chi connectivity index (χ1n) is 10.8. The molecule has 0 aliphatic heterocycles. The summed E-state index contributed by atoms with van der Waals surface area (Å²) in [4.78, 5) is 25.6. The quantitative estimate of drug-likeness (QED) is 0.393. The lowest BCUT2D eigenvalue weighted by Gasteiger charge is -2.09. The molecule has 6 nitrogen and oxygen atoms in total. The highest BCUT2D eigenvalue weighted by atomic mass is 35.5. The fourth-order valence-electron chi connectivity index (χ4n) is 3.79. The average molecular weight is 465 g/mol. The number of rotatable bonds is 8. The van der Waals surface area contributed by atoms with Crippen LogP contribution in [0.2, 0.25) is 5.02 Å². The van der Waals surface area contributed by atoms with Crippen LogP contribution in [0.5, 0.6) is 0 Å². The molecule has 0 saturated carbocycles. The minimum atomic E-state index is -0.544. The third-order valence-corrected chi connectivity index (χ3v) is 5.84. The molecule has 33 heavy (non-hydrogen) atoms. The van der Waals surface area contributed by atoms with Crippen molar-refractivity contribution in [2.75, 3.05) is 0 Å². The third-order valence-electron chi connectivity index (χ3n) is 5.59. The van der Waals surface area contributed by atoms with Crippen molar-refractivity contribution in [3.8, 4) is 0 Å². The maximum absolute atomic E-state index is 13.0. The maximum Gasteiger partial charge on any atom is 0.257 e. The molecule has 4 aromatic rings. The number of carbonyl (C=O) groups is 1. The van der Waals surface area contributed by atoms with Crippen molar-refractivity contribution in [3.63, 3.8) is 0 Å².